The predicted molar refractivity (Wildman–Crippen MR) is 66.6 cm³/mol. The van der Waals surface area contributed by atoms with Crippen molar-refractivity contribution in [3.05, 3.63) is 9.47 Å². The van der Waals surface area contributed by atoms with Crippen LogP contribution in [0.15, 0.2) is 0 Å². The highest BCUT2D eigenvalue weighted by Gasteiger charge is 2.27. The molecular formula is C10H17ClN4S. The van der Waals surface area contributed by atoms with Gasteiger partial charge in [-0.25, -0.2) is 0 Å². The molecule has 2 N–H and O–H groups in total. The third kappa shape index (κ3) is 2.71. The number of hydrogen-bond donors (Lipinski definition) is 1. The second kappa shape index (κ2) is 5.40. The van der Waals surface area contributed by atoms with Crippen LogP contribution in [0.5, 0.6) is 0 Å². The van der Waals surface area contributed by atoms with Crippen LogP contribution in [0.25, 0.3) is 0 Å². The van der Waals surface area contributed by atoms with Crippen LogP contribution >= 0.6 is 22.9 Å². The predicted octanol–water partition coefficient (Wildman–Crippen LogP) is 1.89. The summed E-state index contributed by atoms with van der Waals surface area (Å²) >= 11 is 7.24. The van der Waals surface area contributed by atoms with Gasteiger partial charge in [-0.05, 0) is 31.4 Å². The molecule has 0 radical (unpaired) electrons. The summed E-state index contributed by atoms with van der Waals surface area (Å²) in [6.45, 7) is 3.80. The van der Waals surface area contributed by atoms with E-state index < -0.39 is 0 Å². The maximum absolute atomic E-state index is 5.81. The van der Waals surface area contributed by atoms with Gasteiger partial charge in [-0.15, -0.1) is 10.2 Å². The first-order chi connectivity index (χ1) is 7.70. The Kier molecular flexibility index (Phi) is 4.13. The van der Waals surface area contributed by atoms with Gasteiger partial charge < -0.3 is 5.73 Å². The minimum absolute atomic E-state index is 0.478. The quantitative estimate of drug-likeness (QED) is 0.902. The van der Waals surface area contributed by atoms with Crippen molar-refractivity contribution < 1.29 is 0 Å². The van der Waals surface area contributed by atoms with Gasteiger partial charge in [0, 0.05) is 18.6 Å². The lowest BCUT2D eigenvalue weighted by Gasteiger charge is -2.39. The zero-order chi connectivity index (χ0) is 11.5. The van der Waals surface area contributed by atoms with Gasteiger partial charge >= 0.3 is 0 Å². The number of nitrogens with zero attached hydrogens (tertiary/aromatic N) is 3. The number of aromatic nitrogens is 2. The van der Waals surface area contributed by atoms with Crippen molar-refractivity contribution in [2.24, 2.45) is 5.73 Å². The van der Waals surface area contributed by atoms with E-state index in [4.69, 9.17) is 17.3 Å². The van der Waals surface area contributed by atoms with Crippen molar-refractivity contribution in [2.45, 2.75) is 44.8 Å². The van der Waals surface area contributed by atoms with Crippen LogP contribution in [-0.4, -0.2) is 33.7 Å². The molecule has 1 aliphatic heterocycles. The van der Waals surface area contributed by atoms with Gasteiger partial charge in [-0.2, -0.15) is 0 Å². The Morgan fingerprint density at radius 2 is 2.31 bits per heavy atom. The molecule has 2 rings (SSSR count). The highest BCUT2D eigenvalue weighted by molar-refractivity contribution is 7.15. The molecule has 1 aliphatic rings. The molecule has 2 unspecified atom stereocenters. The fourth-order valence-electron chi connectivity index (χ4n) is 2.33. The second-order valence-electron chi connectivity index (χ2n) is 4.29. The number of hydrogen-bond acceptors (Lipinski definition) is 5. The maximum atomic E-state index is 5.81. The minimum Gasteiger partial charge on any atom is -0.329 e. The van der Waals surface area contributed by atoms with E-state index in [9.17, 15) is 0 Å². The van der Waals surface area contributed by atoms with Crippen molar-refractivity contribution in [1.82, 2.24) is 15.1 Å². The molecule has 0 aliphatic carbocycles. The molecule has 0 bridgehead atoms. The van der Waals surface area contributed by atoms with Gasteiger partial charge in [-0.1, -0.05) is 17.8 Å². The molecule has 1 aromatic rings. The van der Waals surface area contributed by atoms with Gasteiger partial charge in [0.15, 0.2) is 0 Å². The molecule has 2 atom stereocenters. The van der Waals surface area contributed by atoms with Crippen molar-refractivity contribution >= 4 is 22.9 Å². The highest BCUT2D eigenvalue weighted by Crippen LogP contribution is 2.26. The molecule has 6 heteroatoms. The summed E-state index contributed by atoms with van der Waals surface area (Å²) in [5.41, 5.74) is 5.81. The Morgan fingerprint density at radius 1 is 1.50 bits per heavy atom. The Bertz CT molecular complexity index is 343. The fraction of sp³-hybridized carbons (Fsp3) is 0.800. The molecule has 4 nitrogen and oxygen atoms in total. The lowest BCUT2D eigenvalue weighted by atomic mass is 9.96. The molecule has 16 heavy (non-hydrogen) atoms. The number of nitrogens with two attached hydrogens (primary N) is 1. The Morgan fingerprint density at radius 3 is 2.94 bits per heavy atom. The summed E-state index contributed by atoms with van der Waals surface area (Å²) in [6.07, 6.45) is 3.70. The SMILES string of the molecule is CC1CCCC(CN)N1Cc1nnc(Cl)s1. The third-order valence-corrected chi connectivity index (χ3v) is 4.23. The Balaban J connectivity index is 2.05. The number of rotatable bonds is 3. The van der Waals surface area contributed by atoms with Crippen LogP contribution in [-0.2, 0) is 6.54 Å². The zero-order valence-electron chi connectivity index (χ0n) is 9.40. The second-order valence-corrected chi connectivity index (χ2v) is 5.93. The Hall–Kier alpha value is -0.230. The van der Waals surface area contributed by atoms with E-state index in [1.54, 1.807) is 0 Å². The van der Waals surface area contributed by atoms with Crippen LogP contribution in [0.1, 0.15) is 31.2 Å². The highest BCUT2D eigenvalue weighted by atomic mass is 35.5. The fourth-order valence-corrected chi connectivity index (χ4v) is 3.21. The summed E-state index contributed by atoms with van der Waals surface area (Å²) in [5, 5.41) is 8.88. The van der Waals surface area contributed by atoms with Crippen LogP contribution in [0.4, 0.5) is 0 Å². The standard InChI is InChI=1S/C10H17ClN4S/c1-7-3-2-4-8(5-12)15(7)6-9-13-14-10(11)16-9/h7-8H,2-6,12H2,1H3. The monoisotopic (exact) mass is 260 g/mol. The van der Waals surface area contributed by atoms with Gasteiger partial charge in [0.05, 0.1) is 6.54 Å². The average Bonchev–Trinajstić information content (AvgIpc) is 2.67. The van der Waals surface area contributed by atoms with Gasteiger partial charge in [0.1, 0.15) is 5.01 Å². The van der Waals surface area contributed by atoms with E-state index in [1.165, 1.54) is 30.6 Å². The van der Waals surface area contributed by atoms with E-state index >= 15 is 0 Å². The molecule has 0 spiro atoms. The van der Waals surface area contributed by atoms with Crippen LogP contribution in [0.3, 0.4) is 0 Å². The smallest absolute Gasteiger partial charge is 0.207 e. The van der Waals surface area contributed by atoms with E-state index in [0.29, 0.717) is 16.6 Å². The van der Waals surface area contributed by atoms with Gasteiger partial charge in [0.2, 0.25) is 4.47 Å². The van der Waals surface area contributed by atoms with E-state index in [2.05, 4.69) is 22.0 Å². The number of halogens is 1. The molecule has 2 heterocycles. The lowest BCUT2D eigenvalue weighted by molar-refractivity contribution is 0.0889. The van der Waals surface area contributed by atoms with E-state index in [1.807, 2.05) is 0 Å². The van der Waals surface area contributed by atoms with Crippen LogP contribution in [0.2, 0.25) is 4.47 Å². The van der Waals surface area contributed by atoms with Crippen LogP contribution < -0.4 is 5.73 Å². The van der Waals surface area contributed by atoms with E-state index in [0.717, 1.165) is 18.1 Å². The minimum atomic E-state index is 0.478. The molecular weight excluding hydrogens is 244 g/mol. The van der Waals surface area contributed by atoms with E-state index in [-0.39, 0.29) is 0 Å². The number of piperidine rings is 1. The number of likely N-dealkylation sites (tertiary alicyclic amines) is 1. The summed E-state index contributed by atoms with van der Waals surface area (Å²) in [4.78, 5) is 2.43. The third-order valence-electron chi connectivity index (χ3n) is 3.23. The molecule has 1 aromatic heterocycles. The first kappa shape index (κ1) is 12.2. The van der Waals surface area contributed by atoms with Crippen molar-refractivity contribution in [3.63, 3.8) is 0 Å². The largest absolute Gasteiger partial charge is 0.329 e. The first-order valence-corrected chi connectivity index (χ1v) is 6.84. The van der Waals surface area contributed by atoms with Crippen molar-refractivity contribution in [1.29, 1.82) is 0 Å². The molecule has 1 saturated heterocycles. The molecule has 0 aromatic carbocycles. The molecule has 90 valence electrons. The summed E-state index contributed by atoms with van der Waals surface area (Å²) < 4.78 is 0.518. The molecule has 0 saturated carbocycles. The van der Waals surface area contributed by atoms with Gasteiger partial charge in [0.25, 0.3) is 0 Å². The first-order valence-electron chi connectivity index (χ1n) is 5.64. The summed E-state index contributed by atoms with van der Waals surface area (Å²) in [5.74, 6) is 0. The Labute approximate surface area is 105 Å². The van der Waals surface area contributed by atoms with Crippen molar-refractivity contribution in [2.75, 3.05) is 6.54 Å². The van der Waals surface area contributed by atoms with Crippen molar-refractivity contribution in [3.8, 4) is 0 Å². The molecule has 1 fully saturated rings. The summed E-state index contributed by atoms with van der Waals surface area (Å²) in [6, 6.07) is 1.05. The molecule has 0 amide bonds. The lowest BCUT2D eigenvalue weighted by Crippen LogP contribution is -2.48. The topological polar surface area (TPSA) is 55.0 Å². The average molecular weight is 261 g/mol. The zero-order valence-corrected chi connectivity index (χ0v) is 11.0. The van der Waals surface area contributed by atoms with Crippen LogP contribution in [0, 0.1) is 0 Å². The normalized spacial score (nSPS) is 27.2. The van der Waals surface area contributed by atoms with Gasteiger partial charge in [-0.3, -0.25) is 4.90 Å². The maximum Gasteiger partial charge on any atom is 0.207 e. The summed E-state index contributed by atoms with van der Waals surface area (Å²) in [7, 11) is 0.